The van der Waals surface area contributed by atoms with E-state index in [0.717, 1.165) is 25.0 Å². The molecule has 142 valence electrons. The van der Waals surface area contributed by atoms with E-state index >= 15 is 0 Å². The average molecular weight is 426 g/mol. The highest BCUT2D eigenvalue weighted by molar-refractivity contribution is 7.95. The van der Waals surface area contributed by atoms with Gasteiger partial charge in [0.25, 0.3) is 10.0 Å². The number of thiophene rings is 1. The molecule has 0 saturated carbocycles. The molecule has 0 unspecified atom stereocenters. The van der Waals surface area contributed by atoms with E-state index in [1.165, 1.54) is 10.4 Å². The highest BCUT2D eigenvalue weighted by Gasteiger charge is 2.33. The second-order valence-electron chi connectivity index (χ2n) is 5.57. The summed E-state index contributed by atoms with van der Waals surface area (Å²) in [5.74, 6) is 0. The molecule has 0 amide bonds. The molecule has 0 atom stereocenters. The van der Waals surface area contributed by atoms with Crippen molar-refractivity contribution in [2.45, 2.75) is 32.5 Å². The molecular formula is C14H13F3N2O4S3. The van der Waals surface area contributed by atoms with Crippen LogP contribution in [0.15, 0.2) is 43.9 Å². The second-order valence-corrected chi connectivity index (χ2v) is 10.9. The van der Waals surface area contributed by atoms with E-state index in [-0.39, 0.29) is 8.42 Å². The smallest absolute Gasteiger partial charge is 0.244 e. The lowest BCUT2D eigenvalue weighted by molar-refractivity contribution is -0.137. The van der Waals surface area contributed by atoms with E-state index in [1.54, 1.807) is 0 Å². The van der Waals surface area contributed by atoms with Crippen molar-refractivity contribution < 1.29 is 30.0 Å². The summed E-state index contributed by atoms with van der Waals surface area (Å²) in [6.07, 6.45) is -2.71. The molecule has 2 aromatic rings. The predicted octanol–water partition coefficient (Wildman–Crippen LogP) is 2.78. The lowest BCUT2D eigenvalue weighted by Gasteiger charge is -2.13. The first kappa shape index (κ1) is 19.3. The molecule has 0 aliphatic carbocycles. The third kappa shape index (κ3) is 3.50. The standard InChI is InChI=1S/C14H13F3N2O4S3/c15-14(16,17)10-3-4-11(18-9-10)25(20,21)12-5-6-13(24-12)26(22,23)19-7-1-2-8-19/h3-6,9H,1-2,7-8H2. The molecule has 0 aromatic carbocycles. The number of alkyl halides is 3. The van der Waals surface area contributed by atoms with E-state index in [2.05, 4.69) is 4.98 Å². The third-order valence-electron chi connectivity index (χ3n) is 3.82. The Balaban J connectivity index is 1.93. The summed E-state index contributed by atoms with van der Waals surface area (Å²) < 4.78 is 88.5. The molecule has 1 aliphatic heterocycles. The number of aromatic nitrogens is 1. The van der Waals surface area contributed by atoms with Crippen LogP contribution in [0.25, 0.3) is 0 Å². The van der Waals surface area contributed by atoms with Crippen molar-refractivity contribution in [3.63, 3.8) is 0 Å². The molecule has 12 heteroatoms. The molecule has 0 N–H and O–H groups in total. The average Bonchev–Trinajstić information content (AvgIpc) is 3.26. The topological polar surface area (TPSA) is 84.4 Å². The van der Waals surface area contributed by atoms with Crippen molar-refractivity contribution >= 4 is 31.2 Å². The number of hydrogen-bond donors (Lipinski definition) is 0. The van der Waals surface area contributed by atoms with Gasteiger partial charge >= 0.3 is 6.18 Å². The van der Waals surface area contributed by atoms with Gasteiger partial charge in [0.15, 0.2) is 5.03 Å². The van der Waals surface area contributed by atoms with Crippen LogP contribution in [0.3, 0.4) is 0 Å². The maximum Gasteiger partial charge on any atom is 0.417 e. The number of hydrogen-bond acceptors (Lipinski definition) is 6. The van der Waals surface area contributed by atoms with Crippen molar-refractivity contribution in [1.29, 1.82) is 0 Å². The van der Waals surface area contributed by atoms with Gasteiger partial charge in [-0.05, 0) is 37.1 Å². The fraction of sp³-hybridized carbons (Fsp3) is 0.357. The molecule has 1 fully saturated rings. The van der Waals surface area contributed by atoms with Gasteiger partial charge in [0.2, 0.25) is 9.84 Å². The van der Waals surface area contributed by atoms with Crippen LogP contribution in [0.2, 0.25) is 0 Å². The Labute approximate surface area is 152 Å². The van der Waals surface area contributed by atoms with Gasteiger partial charge < -0.3 is 0 Å². The minimum atomic E-state index is -4.63. The predicted molar refractivity (Wildman–Crippen MR) is 87.0 cm³/mol. The maximum atomic E-state index is 12.6. The van der Waals surface area contributed by atoms with E-state index in [0.29, 0.717) is 36.7 Å². The zero-order valence-corrected chi connectivity index (χ0v) is 15.6. The molecule has 2 aromatic heterocycles. The molecule has 0 radical (unpaired) electrons. The van der Waals surface area contributed by atoms with Crippen LogP contribution in [0, 0.1) is 0 Å². The third-order valence-corrected chi connectivity index (χ3v) is 9.43. The summed E-state index contributed by atoms with van der Waals surface area (Å²) in [6.45, 7) is 0.756. The van der Waals surface area contributed by atoms with Crippen LogP contribution < -0.4 is 0 Å². The van der Waals surface area contributed by atoms with Crippen LogP contribution in [-0.2, 0) is 26.0 Å². The number of halogens is 3. The van der Waals surface area contributed by atoms with Crippen LogP contribution in [0.4, 0.5) is 13.2 Å². The summed E-state index contributed by atoms with van der Waals surface area (Å²) in [5, 5.41) is -0.572. The maximum absolute atomic E-state index is 12.6. The van der Waals surface area contributed by atoms with Crippen LogP contribution in [-0.4, -0.2) is 39.2 Å². The summed E-state index contributed by atoms with van der Waals surface area (Å²) in [7, 11) is -7.98. The van der Waals surface area contributed by atoms with Crippen molar-refractivity contribution in [1.82, 2.24) is 9.29 Å². The first-order valence-electron chi connectivity index (χ1n) is 7.41. The van der Waals surface area contributed by atoms with Crippen molar-refractivity contribution in [2.75, 3.05) is 13.1 Å². The minimum Gasteiger partial charge on any atom is -0.244 e. The largest absolute Gasteiger partial charge is 0.417 e. The van der Waals surface area contributed by atoms with E-state index in [4.69, 9.17) is 0 Å². The van der Waals surface area contributed by atoms with Gasteiger partial charge in [0.05, 0.1) is 5.56 Å². The number of nitrogens with zero attached hydrogens (tertiary/aromatic N) is 2. The second kappa shape index (κ2) is 6.59. The summed E-state index contributed by atoms with van der Waals surface area (Å²) in [4.78, 5) is 3.38. The molecule has 3 heterocycles. The minimum absolute atomic E-state index is 0.120. The fourth-order valence-corrected chi connectivity index (χ4v) is 7.18. The van der Waals surface area contributed by atoms with E-state index in [9.17, 15) is 30.0 Å². The first-order chi connectivity index (χ1) is 12.0. The van der Waals surface area contributed by atoms with Gasteiger partial charge in [0, 0.05) is 19.3 Å². The highest BCUT2D eigenvalue weighted by atomic mass is 32.3. The Morgan fingerprint density at radius 1 is 0.962 bits per heavy atom. The molecule has 26 heavy (non-hydrogen) atoms. The zero-order valence-electron chi connectivity index (χ0n) is 13.1. The van der Waals surface area contributed by atoms with Gasteiger partial charge in [-0.1, -0.05) is 0 Å². The number of pyridine rings is 1. The van der Waals surface area contributed by atoms with Gasteiger partial charge in [-0.2, -0.15) is 17.5 Å². The van der Waals surface area contributed by atoms with Crippen LogP contribution in [0.1, 0.15) is 18.4 Å². The number of sulfone groups is 1. The van der Waals surface area contributed by atoms with E-state index in [1.807, 2.05) is 0 Å². The SMILES string of the molecule is O=S(=O)(c1ccc(C(F)(F)F)cn1)c1ccc(S(=O)(=O)N2CCCC2)s1. The quantitative estimate of drug-likeness (QED) is 0.751. The lowest BCUT2D eigenvalue weighted by Crippen LogP contribution is -2.27. The number of rotatable bonds is 4. The highest BCUT2D eigenvalue weighted by Crippen LogP contribution is 2.33. The summed E-state index contributed by atoms with van der Waals surface area (Å²) in [6, 6.07) is 3.69. The fourth-order valence-electron chi connectivity index (χ4n) is 2.45. The summed E-state index contributed by atoms with van der Waals surface area (Å²) in [5.41, 5.74) is -1.07. The van der Waals surface area contributed by atoms with Crippen molar-refractivity contribution in [2.24, 2.45) is 0 Å². The van der Waals surface area contributed by atoms with E-state index < -0.39 is 36.6 Å². The molecule has 6 nitrogen and oxygen atoms in total. The Kier molecular flexibility index (Phi) is 4.88. The molecular weight excluding hydrogens is 413 g/mol. The van der Waals surface area contributed by atoms with Gasteiger partial charge in [-0.3, -0.25) is 0 Å². The van der Waals surface area contributed by atoms with Crippen LogP contribution >= 0.6 is 11.3 Å². The molecule has 3 rings (SSSR count). The van der Waals surface area contributed by atoms with Crippen LogP contribution in [0.5, 0.6) is 0 Å². The van der Waals surface area contributed by atoms with Gasteiger partial charge in [0.1, 0.15) is 8.42 Å². The normalized spacial score (nSPS) is 16.9. The Morgan fingerprint density at radius 3 is 2.12 bits per heavy atom. The zero-order chi connectivity index (χ0) is 19.2. The number of sulfonamides is 1. The summed E-state index contributed by atoms with van der Waals surface area (Å²) >= 11 is 0.558. The van der Waals surface area contributed by atoms with Gasteiger partial charge in [-0.15, -0.1) is 11.3 Å². The Hall–Kier alpha value is -1.50. The molecule has 1 aliphatic rings. The van der Waals surface area contributed by atoms with Crippen molar-refractivity contribution in [3.8, 4) is 0 Å². The molecule has 1 saturated heterocycles. The van der Waals surface area contributed by atoms with Gasteiger partial charge in [-0.25, -0.2) is 21.8 Å². The monoisotopic (exact) mass is 426 g/mol. The van der Waals surface area contributed by atoms with Crippen molar-refractivity contribution in [3.05, 3.63) is 36.0 Å². The lowest BCUT2D eigenvalue weighted by atomic mass is 10.3. The molecule has 0 spiro atoms. The molecule has 0 bridgehead atoms. The Bertz CT molecular complexity index is 1010. The Morgan fingerprint density at radius 2 is 1.58 bits per heavy atom. The first-order valence-corrected chi connectivity index (χ1v) is 11.2.